The molecule has 0 unspecified atom stereocenters. The monoisotopic (exact) mass is 363 g/mol. The number of rotatable bonds is 6. The third kappa shape index (κ3) is 4.66. The van der Waals surface area contributed by atoms with Crippen LogP contribution in [0, 0.1) is 5.92 Å². The number of methoxy groups -OCH3 is 2. The van der Waals surface area contributed by atoms with Gasteiger partial charge in [0.25, 0.3) is 5.91 Å². The molecule has 1 aliphatic rings. The Bertz CT molecular complexity index is 640. The number of carbonyl (C=O) groups is 2. The van der Waals surface area contributed by atoms with Crippen molar-refractivity contribution in [1.82, 2.24) is 10.2 Å². The molecule has 1 aromatic carbocycles. The maximum Gasteiger partial charge on any atom is 0.253 e. The molecule has 2 rings (SSSR count). The Balaban J connectivity index is 1.93. The van der Waals surface area contributed by atoms with Gasteiger partial charge in [-0.1, -0.05) is 13.8 Å². The molecule has 1 heterocycles. The highest BCUT2D eigenvalue weighted by Gasteiger charge is 2.27. The molecule has 2 amide bonds. The highest BCUT2D eigenvalue weighted by molar-refractivity contribution is 5.95. The van der Waals surface area contributed by atoms with Crippen LogP contribution >= 0.6 is 0 Å². The summed E-state index contributed by atoms with van der Waals surface area (Å²) in [6.07, 6.45) is 1.44. The van der Waals surface area contributed by atoms with Crippen LogP contribution in [0.1, 0.15) is 37.0 Å². The lowest BCUT2D eigenvalue weighted by atomic mass is 10.0. The van der Waals surface area contributed by atoms with Crippen LogP contribution in [0.15, 0.2) is 18.2 Å². The molecule has 0 bridgehead atoms. The van der Waals surface area contributed by atoms with Crippen LogP contribution in [-0.2, 0) is 4.79 Å². The molecule has 1 aliphatic heterocycles. The second-order valence-corrected chi connectivity index (χ2v) is 6.91. The van der Waals surface area contributed by atoms with E-state index < -0.39 is 6.04 Å². The van der Waals surface area contributed by atoms with Crippen molar-refractivity contribution in [2.24, 2.45) is 11.7 Å². The van der Waals surface area contributed by atoms with Gasteiger partial charge in [0, 0.05) is 24.7 Å². The van der Waals surface area contributed by atoms with E-state index in [0.29, 0.717) is 30.2 Å². The summed E-state index contributed by atoms with van der Waals surface area (Å²) in [7, 11) is 3.10. The van der Waals surface area contributed by atoms with E-state index in [1.165, 1.54) is 0 Å². The van der Waals surface area contributed by atoms with Gasteiger partial charge in [0.05, 0.1) is 20.3 Å². The smallest absolute Gasteiger partial charge is 0.253 e. The van der Waals surface area contributed by atoms with Gasteiger partial charge < -0.3 is 25.4 Å². The Hall–Kier alpha value is -2.28. The van der Waals surface area contributed by atoms with Gasteiger partial charge in [-0.15, -0.1) is 0 Å². The van der Waals surface area contributed by atoms with Gasteiger partial charge >= 0.3 is 0 Å². The molecule has 1 atom stereocenters. The predicted molar refractivity (Wildman–Crippen MR) is 99.4 cm³/mol. The molecule has 0 saturated carbocycles. The molecule has 1 fully saturated rings. The lowest BCUT2D eigenvalue weighted by Crippen LogP contribution is -2.51. The fourth-order valence-corrected chi connectivity index (χ4v) is 2.98. The van der Waals surface area contributed by atoms with Crippen molar-refractivity contribution in [2.75, 3.05) is 27.3 Å². The van der Waals surface area contributed by atoms with Crippen molar-refractivity contribution >= 4 is 11.8 Å². The van der Waals surface area contributed by atoms with E-state index in [4.69, 9.17) is 15.2 Å². The molecule has 26 heavy (non-hydrogen) atoms. The molecule has 144 valence electrons. The van der Waals surface area contributed by atoms with Crippen molar-refractivity contribution in [3.63, 3.8) is 0 Å². The van der Waals surface area contributed by atoms with Crippen molar-refractivity contribution in [1.29, 1.82) is 0 Å². The summed E-state index contributed by atoms with van der Waals surface area (Å²) in [5, 5.41) is 2.99. The molecular formula is C19H29N3O4. The molecule has 1 aromatic rings. The first-order chi connectivity index (χ1) is 12.4. The average Bonchev–Trinajstić information content (AvgIpc) is 2.66. The number of benzene rings is 1. The van der Waals surface area contributed by atoms with Crippen LogP contribution in [-0.4, -0.2) is 56.1 Å². The van der Waals surface area contributed by atoms with Crippen molar-refractivity contribution in [2.45, 2.75) is 38.8 Å². The number of hydrogen-bond acceptors (Lipinski definition) is 5. The fraction of sp³-hybridized carbons (Fsp3) is 0.579. The van der Waals surface area contributed by atoms with Gasteiger partial charge in [0.15, 0.2) is 11.5 Å². The van der Waals surface area contributed by atoms with E-state index in [-0.39, 0.29) is 23.8 Å². The highest BCUT2D eigenvalue weighted by atomic mass is 16.5. The number of piperidine rings is 1. The minimum absolute atomic E-state index is 0.0467. The molecule has 3 N–H and O–H groups in total. The van der Waals surface area contributed by atoms with Gasteiger partial charge in [-0.3, -0.25) is 9.59 Å². The maximum atomic E-state index is 12.7. The number of carbonyl (C=O) groups excluding carboxylic acids is 2. The number of ether oxygens (including phenoxy) is 2. The molecule has 7 nitrogen and oxygen atoms in total. The van der Waals surface area contributed by atoms with Gasteiger partial charge in [-0.25, -0.2) is 0 Å². The fourth-order valence-electron chi connectivity index (χ4n) is 2.98. The number of nitrogens with zero attached hydrogens (tertiary/aromatic N) is 1. The number of nitrogens with one attached hydrogen (secondary N) is 1. The van der Waals surface area contributed by atoms with E-state index in [1.54, 1.807) is 37.3 Å². The molecule has 0 aromatic heterocycles. The summed E-state index contributed by atoms with van der Waals surface area (Å²) < 4.78 is 10.5. The zero-order valence-corrected chi connectivity index (χ0v) is 16.0. The Labute approximate surface area is 154 Å². The van der Waals surface area contributed by atoms with Crippen molar-refractivity contribution in [3.05, 3.63) is 23.8 Å². The number of hydrogen-bond donors (Lipinski definition) is 2. The summed E-state index contributed by atoms with van der Waals surface area (Å²) in [6, 6.07) is 4.71. The largest absolute Gasteiger partial charge is 0.493 e. The molecule has 0 radical (unpaired) electrons. The topological polar surface area (TPSA) is 93.9 Å². The van der Waals surface area contributed by atoms with Gasteiger partial charge in [0.1, 0.15) is 0 Å². The normalized spacial score (nSPS) is 16.3. The van der Waals surface area contributed by atoms with Crippen LogP contribution in [0.25, 0.3) is 0 Å². The Morgan fingerprint density at radius 2 is 1.77 bits per heavy atom. The van der Waals surface area contributed by atoms with E-state index in [0.717, 1.165) is 12.8 Å². The van der Waals surface area contributed by atoms with E-state index in [2.05, 4.69) is 5.32 Å². The number of nitrogens with two attached hydrogens (primary N) is 1. The summed E-state index contributed by atoms with van der Waals surface area (Å²) in [6.45, 7) is 5.04. The van der Waals surface area contributed by atoms with E-state index >= 15 is 0 Å². The summed E-state index contributed by atoms with van der Waals surface area (Å²) in [5.41, 5.74) is 6.44. The van der Waals surface area contributed by atoms with Crippen LogP contribution in [0.2, 0.25) is 0 Å². The minimum Gasteiger partial charge on any atom is -0.493 e. The summed E-state index contributed by atoms with van der Waals surface area (Å²) in [5.74, 6) is 1.05. The first-order valence-electron chi connectivity index (χ1n) is 8.94. The zero-order chi connectivity index (χ0) is 19.3. The van der Waals surface area contributed by atoms with E-state index in [1.807, 2.05) is 13.8 Å². The lowest BCUT2D eigenvalue weighted by Gasteiger charge is -2.33. The van der Waals surface area contributed by atoms with Gasteiger partial charge in [0.2, 0.25) is 5.91 Å². The van der Waals surface area contributed by atoms with Gasteiger partial charge in [-0.2, -0.15) is 0 Å². The Morgan fingerprint density at radius 3 is 2.31 bits per heavy atom. The average molecular weight is 363 g/mol. The number of likely N-dealkylation sites (tertiary alicyclic amines) is 1. The maximum absolute atomic E-state index is 12.7. The van der Waals surface area contributed by atoms with Crippen LogP contribution in [0.3, 0.4) is 0 Å². The standard InChI is InChI=1S/C19H29N3O4/c1-12(2)17(20)18(23)21-14-7-9-22(10-8-14)19(24)13-5-6-15(25-3)16(11-13)26-4/h5-6,11-12,14,17H,7-10,20H2,1-4H3,(H,21,23)/t17-/m0/s1. The first kappa shape index (κ1) is 20.0. The molecular weight excluding hydrogens is 334 g/mol. The lowest BCUT2D eigenvalue weighted by molar-refractivity contribution is -0.124. The first-order valence-corrected chi connectivity index (χ1v) is 8.94. The van der Waals surface area contributed by atoms with Crippen LogP contribution in [0.4, 0.5) is 0 Å². The number of amides is 2. The predicted octanol–water partition coefficient (Wildman–Crippen LogP) is 1.41. The molecule has 0 aliphatic carbocycles. The van der Waals surface area contributed by atoms with Crippen molar-refractivity contribution < 1.29 is 19.1 Å². The third-order valence-electron chi connectivity index (χ3n) is 4.78. The van der Waals surface area contributed by atoms with E-state index in [9.17, 15) is 9.59 Å². The third-order valence-corrected chi connectivity index (χ3v) is 4.78. The second-order valence-electron chi connectivity index (χ2n) is 6.91. The molecule has 1 saturated heterocycles. The molecule has 0 spiro atoms. The van der Waals surface area contributed by atoms with Gasteiger partial charge in [-0.05, 0) is 37.0 Å². The summed E-state index contributed by atoms with van der Waals surface area (Å²) >= 11 is 0. The van der Waals surface area contributed by atoms with Crippen LogP contribution in [0.5, 0.6) is 11.5 Å². The minimum atomic E-state index is -0.499. The Kier molecular flexibility index (Phi) is 6.85. The summed E-state index contributed by atoms with van der Waals surface area (Å²) in [4.78, 5) is 26.6. The van der Waals surface area contributed by atoms with Crippen molar-refractivity contribution in [3.8, 4) is 11.5 Å². The second kappa shape index (κ2) is 8.89. The highest BCUT2D eigenvalue weighted by Crippen LogP contribution is 2.28. The SMILES string of the molecule is COc1ccc(C(=O)N2CCC(NC(=O)[C@@H](N)C(C)C)CC2)cc1OC. The Morgan fingerprint density at radius 1 is 1.15 bits per heavy atom. The van der Waals surface area contributed by atoms with Crippen LogP contribution < -0.4 is 20.5 Å². The zero-order valence-electron chi connectivity index (χ0n) is 16.0. The quantitative estimate of drug-likeness (QED) is 0.797. The molecule has 7 heteroatoms.